The topological polar surface area (TPSA) is 58.6 Å². The Balaban J connectivity index is 1.85. The molecule has 4 aliphatic rings. The van der Waals surface area contributed by atoms with Crippen molar-refractivity contribution >= 4 is 17.6 Å². The first-order valence-corrected chi connectivity index (χ1v) is 9.26. The SMILES string of the molecule is CC[C@@]12C=CC(=O)N3CC[C@]4(C(=C(C(=O)OC)C1)Nc1ccccc14)[C@@H]32. The molecular weight excluding hydrogens is 328 g/mol. The Hall–Kier alpha value is -2.56. The zero-order valence-corrected chi connectivity index (χ0v) is 15.0. The molecule has 1 amide bonds. The van der Waals surface area contributed by atoms with Gasteiger partial charge in [-0.05, 0) is 37.0 Å². The molecule has 1 aromatic rings. The smallest absolute Gasteiger partial charge is 0.335 e. The zero-order valence-electron chi connectivity index (χ0n) is 15.0. The molecule has 1 aromatic carbocycles. The summed E-state index contributed by atoms with van der Waals surface area (Å²) in [5, 5.41) is 3.53. The maximum Gasteiger partial charge on any atom is 0.335 e. The highest BCUT2D eigenvalue weighted by atomic mass is 16.5. The largest absolute Gasteiger partial charge is 0.466 e. The van der Waals surface area contributed by atoms with Gasteiger partial charge in [0.05, 0.1) is 24.1 Å². The van der Waals surface area contributed by atoms with Crippen LogP contribution in [0.15, 0.2) is 47.7 Å². The number of rotatable bonds is 2. The number of amides is 1. The lowest BCUT2D eigenvalue weighted by Crippen LogP contribution is -2.59. The van der Waals surface area contributed by atoms with E-state index in [1.165, 1.54) is 12.7 Å². The molecule has 0 radical (unpaired) electrons. The van der Waals surface area contributed by atoms with Gasteiger partial charge in [0.25, 0.3) is 0 Å². The normalized spacial score (nSPS) is 33.5. The molecule has 0 bridgehead atoms. The van der Waals surface area contributed by atoms with E-state index in [-0.39, 0.29) is 28.7 Å². The fourth-order valence-corrected chi connectivity index (χ4v) is 5.85. The van der Waals surface area contributed by atoms with Gasteiger partial charge in [0.15, 0.2) is 0 Å². The molecule has 5 nitrogen and oxygen atoms in total. The fourth-order valence-electron chi connectivity index (χ4n) is 5.85. The number of anilines is 1. The van der Waals surface area contributed by atoms with Crippen LogP contribution < -0.4 is 5.32 Å². The number of hydrogen-bond acceptors (Lipinski definition) is 4. The van der Waals surface area contributed by atoms with E-state index < -0.39 is 0 Å². The van der Waals surface area contributed by atoms with Crippen molar-refractivity contribution in [3.63, 3.8) is 0 Å². The minimum Gasteiger partial charge on any atom is -0.466 e. The number of nitrogens with zero attached hydrogens (tertiary/aromatic N) is 1. The Labute approximate surface area is 152 Å². The molecule has 5 heteroatoms. The number of hydrogen-bond donors (Lipinski definition) is 1. The van der Waals surface area contributed by atoms with Crippen molar-refractivity contribution in [2.24, 2.45) is 5.41 Å². The lowest BCUT2D eigenvalue weighted by atomic mass is 9.55. The number of benzene rings is 1. The predicted octanol–water partition coefficient (Wildman–Crippen LogP) is 2.75. The Bertz CT molecular complexity index is 902. The van der Waals surface area contributed by atoms with Crippen molar-refractivity contribution in [3.8, 4) is 0 Å². The number of para-hydroxylation sites is 1. The van der Waals surface area contributed by atoms with Crippen LogP contribution in [0.25, 0.3) is 0 Å². The monoisotopic (exact) mass is 350 g/mol. The van der Waals surface area contributed by atoms with Crippen LogP contribution >= 0.6 is 0 Å². The van der Waals surface area contributed by atoms with Gasteiger partial charge in [0.1, 0.15) is 0 Å². The van der Waals surface area contributed by atoms with Crippen LogP contribution in [0.1, 0.15) is 31.7 Å². The number of esters is 1. The molecule has 26 heavy (non-hydrogen) atoms. The van der Waals surface area contributed by atoms with Gasteiger partial charge in [-0.15, -0.1) is 0 Å². The van der Waals surface area contributed by atoms with Gasteiger partial charge in [-0.2, -0.15) is 0 Å². The third-order valence-corrected chi connectivity index (χ3v) is 6.92. The first kappa shape index (κ1) is 15.7. The minimum absolute atomic E-state index is 0.0389. The number of nitrogens with one attached hydrogen (secondary N) is 1. The second kappa shape index (κ2) is 5.00. The van der Waals surface area contributed by atoms with E-state index in [1.807, 2.05) is 17.0 Å². The van der Waals surface area contributed by atoms with Gasteiger partial charge in [-0.3, -0.25) is 4.79 Å². The molecule has 134 valence electrons. The van der Waals surface area contributed by atoms with Crippen LogP contribution in [0.4, 0.5) is 5.69 Å². The van der Waals surface area contributed by atoms with Gasteiger partial charge in [0.2, 0.25) is 5.91 Å². The minimum atomic E-state index is -0.352. The summed E-state index contributed by atoms with van der Waals surface area (Å²) in [7, 11) is 1.44. The molecule has 1 fully saturated rings. The number of ether oxygens (including phenoxy) is 1. The van der Waals surface area contributed by atoms with Crippen LogP contribution in [0.3, 0.4) is 0 Å². The summed E-state index contributed by atoms with van der Waals surface area (Å²) in [6, 6.07) is 8.28. The first-order chi connectivity index (χ1) is 12.6. The van der Waals surface area contributed by atoms with Crippen LogP contribution in [0, 0.1) is 5.41 Å². The Morgan fingerprint density at radius 3 is 2.96 bits per heavy atom. The number of carbonyl (C=O) groups is 2. The second-order valence-corrected chi connectivity index (χ2v) is 7.77. The highest BCUT2D eigenvalue weighted by Crippen LogP contribution is 2.64. The maximum atomic E-state index is 12.7. The predicted molar refractivity (Wildman–Crippen MR) is 97.4 cm³/mol. The molecule has 3 aliphatic heterocycles. The van der Waals surface area contributed by atoms with Gasteiger partial charge < -0.3 is 15.0 Å². The Morgan fingerprint density at radius 1 is 1.38 bits per heavy atom. The summed E-state index contributed by atoms with van der Waals surface area (Å²) < 4.78 is 5.15. The molecule has 0 saturated carbocycles. The van der Waals surface area contributed by atoms with Crippen LogP contribution in [0.2, 0.25) is 0 Å². The molecule has 0 aromatic heterocycles. The van der Waals surface area contributed by atoms with Gasteiger partial charge >= 0.3 is 5.97 Å². The lowest BCUT2D eigenvalue weighted by molar-refractivity contribution is -0.137. The number of methoxy groups -OCH3 is 1. The molecular formula is C21H22N2O3. The average Bonchev–Trinajstić information content (AvgIpc) is 3.24. The van der Waals surface area contributed by atoms with Crippen molar-refractivity contribution < 1.29 is 14.3 Å². The Kier molecular flexibility index (Phi) is 3.01. The van der Waals surface area contributed by atoms with Crippen molar-refractivity contribution in [1.82, 2.24) is 4.90 Å². The summed E-state index contributed by atoms with van der Waals surface area (Å²) in [5.74, 6) is -0.184. The van der Waals surface area contributed by atoms with E-state index in [9.17, 15) is 9.59 Å². The number of fused-ring (bicyclic) bond motifs is 1. The summed E-state index contributed by atoms with van der Waals surface area (Å²) in [6.07, 6.45) is 6.05. The summed E-state index contributed by atoms with van der Waals surface area (Å²) in [5.41, 5.74) is 3.32. The average molecular weight is 350 g/mol. The maximum absolute atomic E-state index is 12.7. The molecule has 1 N–H and O–H groups in total. The molecule has 5 rings (SSSR count). The van der Waals surface area contributed by atoms with Crippen LogP contribution in [-0.4, -0.2) is 36.5 Å². The summed E-state index contributed by atoms with van der Waals surface area (Å²) in [6.45, 7) is 2.86. The highest BCUT2D eigenvalue weighted by molar-refractivity contribution is 5.95. The van der Waals surface area contributed by atoms with Crippen LogP contribution in [0.5, 0.6) is 0 Å². The van der Waals surface area contributed by atoms with E-state index in [0.717, 1.165) is 29.8 Å². The third-order valence-electron chi connectivity index (χ3n) is 6.92. The standard InChI is InChI=1S/C21H22N2O3/c1-3-20-9-8-16(24)23-11-10-21(19(20)23)14-6-4-5-7-15(14)22-17(21)13(12-20)18(25)26-2/h4-9,19,22H,3,10-12H2,1-2H3/t19-,20+,21-/m0/s1. The highest BCUT2D eigenvalue weighted by Gasteiger charge is 2.66. The van der Waals surface area contributed by atoms with E-state index >= 15 is 0 Å². The molecule has 3 heterocycles. The Morgan fingerprint density at radius 2 is 2.19 bits per heavy atom. The number of carbonyl (C=O) groups excluding carboxylic acids is 2. The van der Waals surface area contributed by atoms with Crippen molar-refractivity contribution in [3.05, 3.63) is 53.3 Å². The quantitative estimate of drug-likeness (QED) is 0.834. The molecule has 1 aliphatic carbocycles. The fraction of sp³-hybridized carbons (Fsp3) is 0.429. The second-order valence-electron chi connectivity index (χ2n) is 7.77. The van der Waals surface area contributed by atoms with Gasteiger partial charge in [0, 0.05) is 23.3 Å². The van der Waals surface area contributed by atoms with Gasteiger partial charge in [-0.1, -0.05) is 31.2 Å². The molecule has 0 unspecified atom stereocenters. The van der Waals surface area contributed by atoms with E-state index in [4.69, 9.17) is 4.74 Å². The third kappa shape index (κ3) is 1.62. The molecule has 1 saturated heterocycles. The van der Waals surface area contributed by atoms with E-state index in [2.05, 4.69) is 30.4 Å². The van der Waals surface area contributed by atoms with Crippen molar-refractivity contribution in [2.45, 2.75) is 37.6 Å². The summed E-state index contributed by atoms with van der Waals surface area (Å²) in [4.78, 5) is 27.4. The van der Waals surface area contributed by atoms with E-state index in [0.29, 0.717) is 13.0 Å². The van der Waals surface area contributed by atoms with Crippen molar-refractivity contribution in [1.29, 1.82) is 0 Å². The lowest BCUT2D eigenvalue weighted by Gasteiger charge is -2.53. The van der Waals surface area contributed by atoms with E-state index in [1.54, 1.807) is 6.08 Å². The first-order valence-electron chi connectivity index (χ1n) is 9.26. The zero-order chi connectivity index (χ0) is 18.1. The summed E-state index contributed by atoms with van der Waals surface area (Å²) >= 11 is 0. The molecule has 1 spiro atoms. The van der Waals surface area contributed by atoms with Crippen molar-refractivity contribution in [2.75, 3.05) is 19.0 Å². The van der Waals surface area contributed by atoms with Crippen LogP contribution in [-0.2, 0) is 19.7 Å². The molecule has 3 atom stereocenters. The van der Waals surface area contributed by atoms with Gasteiger partial charge in [-0.25, -0.2) is 4.79 Å².